The molecular formula is C14H23N5O2. The van der Waals surface area contributed by atoms with Crippen molar-refractivity contribution in [1.29, 1.82) is 0 Å². The zero-order chi connectivity index (χ0) is 15.4. The van der Waals surface area contributed by atoms with Gasteiger partial charge in [0.25, 0.3) is 0 Å². The van der Waals surface area contributed by atoms with E-state index < -0.39 is 0 Å². The molecule has 1 N–H and O–H groups in total. The van der Waals surface area contributed by atoms with Crippen LogP contribution in [-0.4, -0.2) is 73.1 Å². The Morgan fingerprint density at radius 1 is 1.52 bits per heavy atom. The van der Waals surface area contributed by atoms with Gasteiger partial charge in [0.05, 0.1) is 19.8 Å². The number of carbonyl (C=O) groups excluding carboxylic acids is 1. The van der Waals surface area contributed by atoms with Gasteiger partial charge in [-0.3, -0.25) is 4.79 Å². The van der Waals surface area contributed by atoms with E-state index >= 15 is 0 Å². The van der Waals surface area contributed by atoms with E-state index in [9.17, 15) is 4.79 Å². The van der Waals surface area contributed by atoms with E-state index in [4.69, 9.17) is 4.74 Å². The Bertz CT molecular complexity index is 506. The number of aryl methyl sites for hydroxylation is 1. The molecule has 1 fully saturated rings. The van der Waals surface area contributed by atoms with Crippen molar-refractivity contribution in [2.75, 3.05) is 52.8 Å². The molecule has 0 saturated carbocycles. The summed E-state index contributed by atoms with van der Waals surface area (Å²) in [6, 6.07) is 1.65. The van der Waals surface area contributed by atoms with Gasteiger partial charge in [0, 0.05) is 25.4 Å². The summed E-state index contributed by atoms with van der Waals surface area (Å²) >= 11 is 0. The summed E-state index contributed by atoms with van der Waals surface area (Å²) in [4.78, 5) is 25.0. The van der Waals surface area contributed by atoms with Crippen LogP contribution in [0.15, 0.2) is 6.07 Å². The largest absolute Gasteiger partial charge is 0.377 e. The highest BCUT2D eigenvalue weighted by atomic mass is 16.5. The molecule has 2 rings (SSSR count). The lowest BCUT2D eigenvalue weighted by molar-refractivity contribution is -0.141. The number of nitrogens with one attached hydrogen (secondary N) is 1. The van der Waals surface area contributed by atoms with Gasteiger partial charge in [-0.2, -0.15) is 0 Å². The van der Waals surface area contributed by atoms with Gasteiger partial charge >= 0.3 is 0 Å². The monoisotopic (exact) mass is 293 g/mol. The van der Waals surface area contributed by atoms with Crippen LogP contribution in [0.25, 0.3) is 0 Å². The maximum absolute atomic E-state index is 12.4. The van der Waals surface area contributed by atoms with Crippen molar-refractivity contribution in [3.63, 3.8) is 0 Å². The summed E-state index contributed by atoms with van der Waals surface area (Å²) in [7, 11) is 5.59. The molecule has 116 valence electrons. The Balaban J connectivity index is 2.26. The van der Waals surface area contributed by atoms with Crippen LogP contribution in [0.2, 0.25) is 0 Å². The van der Waals surface area contributed by atoms with Crippen LogP contribution in [0.4, 0.5) is 5.82 Å². The van der Waals surface area contributed by atoms with Crippen molar-refractivity contribution in [3.8, 4) is 0 Å². The molecule has 0 aromatic carbocycles. The minimum atomic E-state index is -0.224. The lowest BCUT2D eigenvalue weighted by Gasteiger charge is -2.35. The van der Waals surface area contributed by atoms with E-state index in [0.29, 0.717) is 32.1 Å². The predicted octanol–water partition coefficient (Wildman–Crippen LogP) is 0.288. The number of amides is 1. The van der Waals surface area contributed by atoms with Crippen LogP contribution >= 0.6 is 0 Å². The molecule has 7 heteroatoms. The van der Waals surface area contributed by atoms with E-state index in [1.807, 2.05) is 43.9 Å². The Kier molecular flexibility index (Phi) is 5.08. The normalized spacial score (nSPS) is 18.9. The summed E-state index contributed by atoms with van der Waals surface area (Å²) in [5, 5.41) is 3.02. The molecule has 1 amide bonds. The summed E-state index contributed by atoms with van der Waals surface area (Å²) in [5.74, 6) is 1.46. The number of aromatic nitrogens is 2. The predicted molar refractivity (Wildman–Crippen MR) is 80.1 cm³/mol. The third-order valence-electron chi connectivity index (χ3n) is 3.33. The van der Waals surface area contributed by atoms with Crippen molar-refractivity contribution in [3.05, 3.63) is 17.6 Å². The number of rotatable bonds is 4. The van der Waals surface area contributed by atoms with Crippen LogP contribution in [-0.2, 0) is 9.53 Å². The first-order valence-electron chi connectivity index (χ1n) is 7.06. The molecule has 1 aliphatic rings. The molecular weight excluding hydrogens is 270 g/mol. The molecule has 1 aromatic rings. The number of hydrogen-bond acceptors (Lipinski definition) is 6. The Hall–Kier alpha value is -1.73. The van der Waals surface area contributed by atoms with E-state index in [1.54, 1.807) is 0 Å². The number of likely N-dealkylation sites (N-methyl/N-ethyl adjacent to an activating group) is 1. The lowest BCUT2D eigenvalue weighted by Crippen LogP contribution is -2.47. The second-order valence-corrected chi connectivity index (χ2v) is 5.42. The quantitative estimate of drug-likeness (QED) is 0.860. The fourth-order valence-corrected chi connectivity index (χ4v) is 2.35. The molecule has 0 bridgehead atoms. The Morgan fingerprint density at radius 2 is 2.29 bits per heavy atom. The second kappa shape index (κ2) is 6.82. The standard InChI is InChI=1S/C14H23N5O2/c1-10-7-12(15-2)17-14(16-10)11-9-21-6-5-19(11)13(20)8-18(3)4/h7,11H,5-6,8-9H2,1-4H3,(H,15,16,17). The van der Waals surface area contributed by atoms with Crippen molar-refractivity contribution in [2.24, 2.45) is 0 Å². The first-order chi connectivity index (χ1) is 10.0. The smallest absolute Gasteiger partial charge is 0.237 e. The van der Waals surface area contributed by atoms with Crippen molar-refractivity contribution in [1.82, 2.24) is 19.8 Å². The van der Waals surface area contributed by atoms with Crippen LogP contribution in [0.5, 0.6) is 0 Å². The average Bonchev–Trinajstić information content (AvgIpc) is 2.45. The van der Waals surface area contributed by atoms with E-state index in [-0.39, 0.29) is 11.9 Å². The summed E-state index contributed by atoms with van der Waals surface area (Å²) in [6.07, 6.45) is 0. The summed E-state index contributed by atoms with van der Waals surface area (Å²) in [5.41, 5.74) is 0.870. The van der Waals surface area contributed by atoms with Gasteiger partial charge in [-0.05, 0) is 21.0 Å². The zero-order valence-electron chi connectivity index (χ0n) is 13.1. The molecule has 0 spiro atoms. The minimum Gasteiger partial charge on any atom is -0.377 e. The second-order valence-electron chi connectivity index (χ2n) is 5.42. The van der Waals surface area contributed by atoms with Crippen molar-refractivity contribution >= 4 is 11.7 Å². The molecule has 2 heterocycles. The molecule has 0 aliphatic carbocycles. The van der Waals surface area contributed by atoms with Gasteiger partial charge in [0.1, 0.15) is 11.9 Å². The van der Waals surface area contributed by atoms with E-state index in [1.165, 1.54) is 0 Å². The van der Waals surface area contributed by atoms with Gasteiger partial charge in [-0.15, -0.1) is 0 Å². The van der Waals surface area contributed by atoms with E-state index in [0.717, 1.165) is 11.5 Å². The third kappa shape index (κ3) is 3.89. The molecule has 1 aromatic heterocycles. The topological polar surface area (TPSA) is 70.6 Å². The number of nitrogens with zero attached hydrogens (tertiary/aromatic N) is 4. The van der Waals surface area contributed by atoms with Crippen molar-refractivity contribution in [2.45, 2.75) is 13.0 Å². The highest BCUT2D eigenvalue weighted by Gasteiger charge is 2.31. The van der Waals surface area contributed by atoms with E-state index in [2.05, 4.69) is 15.3 Å². The molecule has 7 nitrogen and oxygen atoms in total. The fraction of sp³-hybridized carbons (Fsp3) is 0.643. The molecule has 1 aliphatic heterocycles. The lowest BCUT2D eigenvalue weighted by atomic mass is 10.2. The summed E-state index contributed by atoms with van der Waals surface area (Å²) < 4.78 is 5.53. The Morgan fingerprint density at radius 3 is 2.95 bits per heavy atom. The summed E-state index contributed by atoms with van der Waals surface area (Å²) in [6.45, 7) is 3.86. The van der Waals surface area contributed by atoms with Crippen molar-refractivity contribution < 1.29 is 9.53 Å². The fourth-order valence-electron chi connectivity index (χ4n) is 2.35. The molecule has 1 atom stereocenters. The number of anilines is 1. The first kappa shape index (κ1) is 15.7. The van der Waals surface area contributed by atoms with Gasteiger partial charge in [-0.1, -0.05) is 0 Å². The van der Waals surface area contributed by atoms with Gasteiger partial charge in [0.2, 0.25) is 5.91 Å². The third-order valence-corrected chi connectivity index (χ3v) is 3.33. The number of morpholine rings is 1. The van der Waals surface area contributed by atoms with Crippen LogP contribution in [0, 0.1) is 6.92 Å². The molecule has 0 radical (unpaired) electrons. The van der Waals surface area contributed by atoms with Crippen LogP contribution < -0.4 is 5.32 Å². The number of carbonyl (C=O) groups is 1. The van der Waals surface area contributed by atoms with Crippen LogP contribution in [0.1, 0.15) is 17.6 Å². The van der Waals surface area contributed by atoms with Crippen LogP contribution in [0.3, 0.4) is 0 Å². The maximum atomic E-state index is 12.4. The maximum Gasteiger partial charge on any atom is 0.237 e. The molecule has 1 saturated heterocycles. The van der Waals surface area contributed by atoms with Gasteiger partial charge < -0.3 is 19.9 Å². The Labute approximate surface area is 125 Å². The molecule has 1 unspecified atom stereocenters. The molecule has 21 heavy (non-hydrogen) atoms. The zero-order valence-corrected chi connectivity index (χ0v) is 13.1. The minimum absolute atomic E-state index is 0.0735. The average molecular weight is 293 g/mol. The highest BCUT2D eigenvalue weighted by molar-refractivity contribution is 5.78. The number of ether oxygens (including phenoxy) is 1. The first-order valence-corrected chi connectivity index (χ1v) is 7.06. The highest BCUT2D eigenvalue weighted by Crippen LogP contribution is 2.23. The number of hydrogen-bond donors (Lipinski definition) is 1. The SMILES string of the molecule is CNc1cc(C)nc(C2COCCN2C(=O)CN(C)C)n1. The van der Waals surface area contributed by atoms with Gasteiger partial charge in [-0.25, -0.2) is 9.97 Å². The van der Waals surface area contributed by atoms with Gasteiger partial charge in [0.15, 0.2) is 5.82 Å².